The van der Waals surface area contributed by atoms with E-state index in [0.29, 0.717) is 12.5 Å². The number of benzene rings is 2. The van der Waals surface area contributed by atoms with E-state index in [1.54, 1.807) is 0 Å². The quantitative estimate of drug-likeness (QED) is 0.912. The van der Waals surface area contributed by atoms with Crippen molar-refractivity contribution in [2.75, 3.05) is 19.7 Å². The molecule has 3 heteroatoms. The summed E-state index contributed by atoms with van der Waals surface area (Å²) in [6, 6.07) is 12.6. The van der Waals surface area contributed by atoms with Gasteiger partial charge in [-0.25, -0.2) is 0 Å². The number of fused-ring (bicyclic) bond motifs is 4. The van der Waals surface area contributed by atoms with Crippen LogP contribution in [0.5, 0.6) is 5.75 Å². The van der Waals surface area contributed by atoms with Crippen LogP contribution in [-0.4, -0.2) is 30.9 Å². The molecule has 2 aromatic rings. The Morgan fingerprint density at radius 2 is 1.96 bits per heavy atom. The second-order valence-electron chi connectivity index (χ2n) is 6.62. The average molecular weight is 310 g/mol. The zero-order valence-electron chi connectivity index (χ0n) is 13.6. The first kappa shape index (κ1) is 14.7. The van der Waals surface area contributed by atoms with Crippen molar-refractivity contribution < 1.29 is 14.7 Å². The molecule has 120 valence electrons. The van der Waals surface area contributed by atoms with E-state index in [9.17, 15) is 5.11 Å². The lowest BCUT2D eigenvalue weighted by Crippen LogP contribution is -3.14. The maximum Gasteiger partial charge on any atom is 0.137 e. The van der Waals surface area contributed by atoms with Crippen LogP contribution in [0.15, 0.2) is 42.1 Å². The van der Waals surface area contributed by atoms with Gasteiger partial charge in [-0.15, -0.1) is 0 Å². The fourth-order valence-electron chi connectivity index (χ4n) is 4.10. The van der Waals surface area contributed by atoms with Gasteiger partial charge in [-0.05, 0) is 23.8 Å². The van der Waals surface area contributed by atoms with E-state index in [1.807, 2.05) is 6.92 Å². The lowest BCUT2D eigenvalue weighted by atomic mass is 9.82. The second kappa shape index (κ2) is 5.99. The highest BCUT2D eigenvalue weighted by Crippen LogP contribution is 2.32. The minimum atomic E-state index is -0.305. The SMILES string of the molecule is CCOc1ccc2ccccc2c1/C=C1/[C@H](O)C2CC[NH+]1CC2. The first-order valence-electron chi connectivity index (χ1n) is 8.67. The molecule has 2 N–H and O–H groups in total. The molecule has 0 amide bonds. The van der Waals surface area contributed by atoms with Crippen LogP contribution in [0.1, 0.15) is 25.3 Å². The predicted molar refractivity (Wildman–Crippen MR) is 92.5 cm³/mol. The fourth-order valence-corrected chi connectivity index (χ4v) is 4.10. The molecule has 3 aliphatic rings. The van der Waals surface area contributed by atoms with E-state index < -0.39 is 0 Å². The fraction of sp³-hybridized carbons (Fsp3) is 0.400. The van der Waals surface area contributed by atoms with E-state index in [-0.39, 0.29) is 6.10 Å². The molecule has 3 fully saturated rings. The third-order valence-electron chi connectivity index (χ3n) is 5.34. The zero-order valence-corrected chi connectivity index (χ0v) is 13.6. The Bertz CT molecular complexity index is 740. The van der Waals surface area contributed by atoms with Crippen molar-refractivity contribution in [3.63, 3.8) is 0 Å². The third-order valence-corrected chi connectivity index (χ3v) is 5.34. The van der Waals surface area contributed by atoms with Crippen LogP contribution in [0.3, 0.4) is 0 Å². The average Bonchev–Trinajstić information content (AvgIpc) is 2.60. The van der Waals surface area contributed by atoms with Crippen molar-refractivity contribution >= 4 is 16.8 Å². The molecule has 0 aromatic heterocycles. The first-order chi connectivity index (χ1) is 11.3. The normalized spacial score (nSPS) is 28.4. The summed E-state index contributed by atoms with van der Waals surface area (Å²) in [6.45, 7) is 4.94. The smallest absolute Gasteiger partial charge is 0.137 e. The molecule has 3 saturated heterocycles. The molecule has 23 heavy (non-hydrogen) atoms. The second-order valence-corrected chi connectivity index (χ2v) is 6.62. The monoisotopic (exact) mass is 310 g/mol. The lowest BCUT2D eigenvalue weighted by Gasteiger charge is -2.41. The minimum absolute atomic E-state index is 0.305. The summed E-state index contributed by atoms with van der Waals surface area (Å²) < 4.78 is 5.87. The Morgan fingerprint density at radius 1 is 1.17 bits per heavy atom. The number of aliphatic hydroxyl groups excluding tert-OH is 1. The lowest BCUT2D eigenvalue weighted by molar-refractivity contribution is -0.880. The molecule has 2 aromatic carbocycles. The highest BCUT2D eigenvalue weighted by atomic mass is 16.5. The number of quaternary nitrogens is 1. The van der Waals surface area contributed by atoms with Gasteiger partial charge >= 0.3 is 0 Å². The van der Waals surface area contributed by atoms with Crippen LogP contribution in [0.25, 0.3) is 16.8 Å². The van der Waals surface area contributed by atoms with Gasteiger partial charge in [0.1, 0.15) is 17.6 Å². The summed E-state index contributed by atoms with van der Waals surface area (Å²) >= 11 is 0. The Morgan fingerprint density at radius 3 is 2.70 bits per heavy atom. The molecule has 0 spiro atoms. The van der Waals surface area contributed by atoms with Gasteiger partial charge < -0.3 is 14.7 Å². The van der Waals surface area contributed by atoms with E-state index >= 15 is 0 Å². The van der Waals surface area contributed by atoms with E-state index in [0.717, 1.165) is 42.9 Å². The van der Waals surface area contributed by atoms with Gasteiger partial charge in [-0.1, -0.05) is 30.3 Å². The maximum absolute atomic E-state index is 10.7. The van der Waals surface area contributed by atoms with Crippen LogP contribution >= 0.6 is 0 Å². The van der Waals surface area contributed by atoms with Gasteiger partial charge in [-0.2, -0.15) is 0 Å². The van der Waals surface area contributed by atoms with Gasteiger partial charge in [-0.3, -0.25) is 0 Å². The van der Waals surface area contributed by atoms with Crippen LogP contribution < -0.4 is 9.64 Å². The van der Waals surface area contributed by atoms with Gasteiger partial charge in [0, 0.05) is 30.4 Å². The van der Waals surface area contributed by atoms with Gasteiger partial charge in [0.05, 0.1) is 19.7 Å². The summed E-state index contributed by atoms with van der Waals surface area (Å²) in [6.07, 6.45) is 4.17. The van der Waals surface area contributed by atoms with Crippen LogP contribution in [0.2, 0.25) is 0 Å². The molecule has 0 saturated carbocycles. The Labute approximate surface area is 137 Å². The Hall–Kier alpha value is -1.84. The molecule has 0 radical (unpaired) electrons. The largest absolute Gasteiger partial charge is 0.493 e. The number of rotatable bonds is 3. The number of piperidine rings is 3. The number of aliphatic hydroxyl groups is 1. The molecular weight excluding hydrogens is 286 g/mol. The van der Waals surface area contributed by atoms with Crippen molar-refractivity contribution in [3.05, 3.63) is 47.7 Å². The highest BCUT2D eigenvalue weighted by molar-refractivity contribution is 5.93. The molecule has 3 aliphatic heterocycles. The van der Waals surface area contributed by atoms with Crippen molar-refractivity contribution in [2.45, 2.75) is 25.9 Å². The van der Waals surface area contributed by atoms with Crippen molar-refractivity contribution in [1.82, 2.24) is 0 Å². The van der Waals surface area contributed by atoms with Gasteiger partial charge in [0.25, 0.3) is 0 Å². The Kier molecular flexibility index (Phi) is 3.83. The van der Waals surface area contributed by atoms with Crippen molar-refractivity contribution in [3.8, 4) is 5.75 Å². The molecule has 2 bridgehead atoms. The Balaban J connectivity index is 1.86. The molecule has 5 rings (SSSR count). The minimum Gasteiger partial charge on any atom is -0.493 e. The summed E-state index contributed by atoms with van der Waals surface area (Å²) in [4.78, 5) is 1.44. The molecule has 3 heterocycles. The predicted octanol–water partition coefficient (Wildman–Crippen LogP) is 2.25. The molecule has 3 nitrogen and oxygen atoms in total. The van der Waals surface area contributed by atoms with Crippen molar-refractivity contribution in [1.29, 1.82) is 0 Å². The molecule has 1 atom stereocenters. The van der Waals surface area contributed by atoms with Crippen LogP contribution in [-0.2, 0) is 0 Å². The van der Waals surface area contributed by atoms with Gasteiger partial charge in [0.15, 0.2) is 0 Å². The summed E-state index contributed by atoms with van der Waals surface area (Å²) in [5.74, 6) is 1.34. The molecule has 0 unspecified atom stereocenters. The number of hydrogen-bond acceptors (Lipinski definition) is 2. The first-order valence-corrected chi connectivity index (χ1v) is 8.67. The maximum atomic E-state index is 10.7. The summed E-state index contributed by atoms with van der Waals surface area (Å²) in [7, 11) is 0. The van der Waals surface area contributed by atoms with Crippen LogP contribution in [0, 0.1) is 5.92 Å². The summed E-state index contributed by atoms with van der Waals surface area (Å²) in [5, 5.41) is 13.1. The zero-order chi connectivity index (χ0) is 15.8. The van der Waals surface area contributed by atoms with Crippen molar-refractivity contribution in [2.24, 2.45) is 5.92 Å². The third kappa shape index (κ3) is 2.54. The van der Waals surface area contributed by atoms with E-state index in [2.05, 4.69) is 42.5 Å². The topological polar surface area (TPSA) is 33.9 Å². The number of nitrogens with one attached hydrogen (secondary N) is 1. The van der Waals surface area contributed by atoms with E-state index in [4.69, 9.17) is 4.74 Å². The van der Waals surface area contributed by atoms with Crippen LogP contribution in [0.4, 0.5) is 0 Å². The number of ether oxygens (including phenoxy) is 1. The standard InChI is InChI=1S/C20H23NO2/c1-2-23-19-8-7-14-5-3-4-6-16(14)17(19)13-18-20(22)15-9-11-21(18)12-10-15/h3-8,13,15,20,22H,2,9-12H2,1H3/p+1/b18-13-/t20-/m1/s1. The molecular formula is C20H24NO2+. The number of hydrogen-bond donors (Lipinski definition) is 2. The van der Waals surface area contributed by atoms with Gasteiger partial charge in [0.2, 0.25) is 0 Å². The summed E-state index contributed by atoms with van der Waals surface area (Å²) in [5.41, 5.74) is 2.25. The molecule has 0 aliphatic carbocycles. The highest BCUT2D eigenvalue weighted by Gasteiger charge is 2.41. The van der Waals surface area contributed by atoms with E-state index in [1.165, 1.54) is 15.7 Å².